The molecule has 0 fully saturated rings. The second-order valence-corrected chi connectivity index (χ2v) is 5.00. The molecule has 0 spiro atoms. The van der Waals surface area contributed by atoms with Crippen molar-refractivity contribution < 1.29 is 4.74 Å². The third-order valence-corrected chi connectivity index (χ3v) is 2.77. The van der Waals surface area contributed by atoms with Gasteiger partial charge in [0.2, 0.25) is 0 Å². The summed E-state index contributed by atoms with van der Waals surface area (Å²) in [6.45, 7) is 6.71. The lowest BCUT2D eigenvalue weighted by atomic mass is 10.1. The highest BCUT2D eigenvalue weighted by Gasteiger charge is 1.98. The minimum absolute atomic E-state index is 0.582. The van der Waals surface area contributed by atoms with Crippen LogP contribution >= 0.6 is 0 Å². The maximum Gasteiger partial charge on any atom is 0.191 e. The molecule has 1 aromatic heterocycles. The molecule has 2 N–H and O–H groups in total. The lowest BCUT2D eigenvalue weighted by Crippen LogP contribution is -2.39. The van der Waals surface area contributed by atoms with Gasteiger partial charge < -0.3 is 15.4 Å². The molecule has 1 aromatic rings. The third-order valence-electron chi connectivity index (χ3n) is 2.77. The molecule has 0 unspecified atom stereocenters. The Morgan fingerprint density at radius 2 is 2.15 bits per heavy atom. The first-order valence-electron chi connectivity index (χ1n) is 7.19. The highest BCUT2D eigenvalue weighted by Crippen LogP contribution is 2.05. The minimum Gasteiger partial charge on any atom is -0.490 e. The van der Waals surface area contributed by atoms with Crippen LogP contribution < -0.4 is 15.4 Å². The van der Waals surface area contributed by atoms with Gasteiger partial charge in [0.1, 0.15) is 12.4 Å². The zero-order valence-corrected chi connectivity index (χ0v) is 12.7. The monoisotopic (exact) mass is 278 g/mol. The molecule has 0 bridgehead atoms. The fourth-order valence-electron chi connectivity index (χ4n) is 1.71. The van der Waals surface area contributed by atoms with Crippen molar-refractivity contribution in [3.05, 3.63) is 24.5 Å². The van der Waals surface area contributed by atoms with Crippen LogP contribution in [-0.2, 0) is 0 Å². The van der Waals surface area contributed by atoms with E-state index in [-0.39, 0.29) is 0 Å². The van der Waals surface area contributed by atoms with Gasteiger partial charge in [-0.05, 0) is 30.9 Å². The molecule has 112 valence electrons. The Labute approximate surface area is 121 Å². The zero-order chi connectivity index (χ0) is 14.6. The molecule has 0 saturated heterocycles. The van der Waals surface area contributed by atoms with Gasteiger partial charge in [0.25, 0.3) is 0 Å². The van der Waals surface area contributed by atoms with E-state index in [0.29, 0.717) is 13.2 Å². The van der Waals surface area contributed by atoms with Crippen LogP contribution in [0.15, 0.2) is 29.5 Å². The van der Waals surface area contributed by atoms with Crippen LogP contribution in [0.1, 0.15) is 26.7 Å². The predicted octanol–water partition coefficient (Wildman–Crippen LogP) is 2.06. The van der Waals surface area contributed by atoms with Crippen molar-refractivity contribution in [2.24, 2.45) is 10.9 Å². The average Bonchev–Trinajstić information content (AvgIpc) is 2.46. The molecule has 0 radical (unpaired) electrons. The lowest BCUT2D eigenvalue weighted by molar-refractivity contribution is 0.320. The third kappa shape index (κ3) is 7.61. The number of hydrogen-bond acceptors (Lipinski definition) is 3. The molecule has 1 rings (SSSR count). The number of hydrogen-bond donors (Lipinski definition) is 2. The molecule has 5 nitrogen and oxygen atoms in total. The van der Waals surface area contributed by atoms with Gasteiger partial charge >= 0.3 is 0 Å². The number of nitrogens with zero attached hydrogens (tertiary/aromatic N) is 2. The summed E-state index contributed by atoms with van der Waals surface area (Å²) >= 11 is 0. The molecule has 0 aliphatic rings. The Morgan fingerprint density at radius 1 is 1.35 bits per heavy atom. The quantitative estimate of drug-likeness (QED) is 0.434. The zero-order valence-electron chi connectivity index (χ0n) is 12.7. The van der Waals surface area contributed by atoms with Crippen LogP contribution in [0.25, 0.3) is 0 Å². The summed E-state index contributed by atoms with van der Waals surface area (Å²) in [5.74, 6) is 2.36. The van der Waals surface area contributed by atoms with Crippen molar-refractivity contribution in [3.8, 4) is 5.75 Å². The van der Waals surface area contributed by atoms with Crippen molar-refractivity contribution in [1.29, 1.82) is 0 Å². The van der Waals surface area contributed by atoms with E-state index in [9.17, 15) is 0 Å². The van der Waals surface area contributed by atoms with E-state index in [1.54, 1.807) is 19.4 Å². The number of pyridine rings is 1. The van der Waals surface area contributed by atoms with Gasteiger partial charge in [0.05, 0.1) is 12.7 Å². The molecule has 0 amide bonds. The van der Waals surface area contributed by atoms with E-state index in [1.807, 2.05) is 12.1 Å². The Balaban J connectivity index is 2.09. The fraction of sp³-hybridized carbons (Fsp3) is 0.600. The van der Waals surface area contributed by atoms with Crippen molar-refractivity contribution >= 4 is 5.96 Å². The van der Waals surface area contributed by atoms with Gasteiger partial charge in [0, 0.05) is 19.8 Å². The van der Waals surface area contributed by atoms with Crippen molar-refractivity contribution in [2.75, 3.05) is 26.7 Å². The van der Waals surface area contributed by atoms with Crippen LogP contribution in [-0.4, -0.2) is 37.7 Å². The Hall–Kier alpha value is -1.78. The first-order chi connectivity index (χ1) is 9.72. The summed E-state index contributed by atoms with van der Waals surface area (Å²) in [5.41, 5.74) is 0. The second kappa shape index (κ2) is 10.1. The number of aliphatic imine (C=N–C) groups is 1. The predicted molar refractivity (Wildman–Crippen MR) is 83.2 cm³/mol. The second-order valence-electron chi connectivity index (χ2n) is 5.00. The molecule has 0 saturated carbocycles. The van der Waals surface area contributed by atoms with Crippen LogP contribution in [0.3, 0.4) is 0 Å². The Morgan fingerprint density at radius 3 is 2.80 bits per heavy atom. The molecular formula is C15H26N4O. The number of nitrogens with one attached hydrogen (secondary N) is 2. The standard InChI is InChI=1S/C15H26N4O/c1-13(2)6-4-9-18-15(16-3)19-10-11-20-14-7-5-8-17-12-14/h5,7-8,12-13H,4,6,9-11H2,1-3H3,(H2,16,18,19). The van der Waals surface area contributed by atoms with Crippen molar-refractivity contribution in [2.45, 2.75) is 26.7 Å². The minimum atomic E-state index is 0.582. The summed E-state index contributed by atoms with van der Waals surface area (Å²) < 4.78 is 5.55. The van der Waals surface area contributed by atoms with Crippen LogP contribution in [0.5, 0.6) is 5.75 Å². The van der Waals surface area contributed by atoms with E-state index < -0.39 is 0 Å². The van der Waals surface area contributed by atoms with Gasteiger partial charge in [-0.1, -0.05) is 13.8 Å². The summed E-state index contributed by atoms with van der Waals surface area (Å²) in [6, 6.07) is 3.75. The van der Waals surface area contributed by atoms with E-state index >= 15 is 0 Å². The normalized spacial score (nSPS) is 11.5. The van der Waals surface area contributed by atoms with Gasteiger partial charge in [0.15, 0.2) is 5.96 Å². The molecule has 0 aliphatic carbocycles. The highest BCUT2D eigenvalue weighted by atomic mass is 16.5. The number of guanidine groups is 1. The Bertz CT molecular complexity index is 379. The van der Waals surface area contributed by atoms with Crippen molar-refractivity contribution in [1.82, 2.24) is 15.6 Å². The molecule has 5 heteroatoms. The highest BCUT2D eigenvalue weighted by molar-refractivity contribution is 5.79. The van der Waals surface area contributed by atoms with Gasteiger partial charge in [-0.15, -0.1) is 0 Å². The first kappa shape index (κ1) is 16.3. The van der Waals surface area contributed by atoms with Gasteiger partial charge in [-0.3, -0.25) is 9.98 Å². The fourth-order valence-corrected chi connectivity index (χ4v) is 1.71. The molecule has 0 atom stereocenters. The number of aromatic nitrogens is 1. The Kier molecular flexibility index (Phi) is 8.19. The smallest absolute Gasteiger partial charge is 0.191 e. The van der Waals surface area contributed by atoms with Crippen molar-refractivity contribution in [3.63, 3.8) is 0 Å². The summed E-state index contributed by atoms with van der Waals surface area (Å²) in [4.78, 5) is 8.17. The maximum absolute atomic E-state index is 5.55. The van der Waals surface area contributed by atoms with Crippen LogP contribution in [0, 0.1) is 5.92 Å². The largest absolute Gasteiger partial charge is 0.490 e. The van der Waals surface area contributed by atoms with Gasteiger partial charge in [-0.25, -0.2) is 0 Å². The average molecular weight is 278 g/mol. The summed E-state index contributed by atoms with van der Waals surface area (Å²) in [6.07, 6.45) is 5.83. The molecular weight excluding hydrogens is 252 g/mol. The SMILES string of the molecule is CN=C(NCCCC(C)C)NCCOc1cccnc1. The molecule has 0 aromatic carbocycles. The maximum atomic E-state index is 5.55. The number of rotatable bonds is 8. The lowest BCUT2D eigenvalue weighted by Gasteiger charge is -2.12. The first-order valence-corrected chi connectivity index (χ1v) is 7.19. The van der Waals surface area contributed by atoms with Crippen LogP contribution in [0.4, 0.5) is 0 Å². The van der Waals surface area contributed by atoms with E-state index in [4.69, 9.17) is 4.74 Å². The molecule has 20 heavy (non-hydrogen) atoms. The van der Waals surface area contributed by atoms with E-state index in [0.717, 1.165) is 30.6 Å². The van der Waals surface area contributed by atoms with Gasteiger partial charge in [-0.2, -0.15) is 0 Å². The summed E-state index contributed by atoms with van der Waals surface area (Å²) in [5, 5.41) is 6.52. The topological polar surface area (TPSA) is 58.5 Å². The summed E-state index contributed by atoms with van der Waals surface area (Å²) in [7, 11) is 1.78. The van der Waals surface area contributed by atoms with E-state index in [2.05, 4.69) is 34.5 Å². The molecule has 0 aliphatic heterocycles. The molecule has 1 heterocycles. The van der Waals surface area contributed by atoms with E-state index in [1.165, 1.54) is 6.42 Å². The number of ether oxygens (including phenoxy) is 1. The van der Waals surface area contributed by atoms with Crippen LogP contribution in [0.2, 0.25) is 0 Å².